The number of nitrogens with one attached hydrogen (secondary N) is 2. The van der Waals surface area contributed by atoms with E-state index in [9.17, 15) is 8.78 Å². The molecule has 0 saturated carbocycles. The molecule has 0 fully saturated rings. The van der Waals surface area contributed by atoms with Crippen LogP contribution in [-0.4, -0.2) is 19.3 Å². The third kappa shape index (κ3) is 5.88. The Hall–Kier alpha value is -2.27. The molecule has 1 aliphatic rings. The van der Waals surface area contributed by atoms with Gasteiger partial charge in [-0.15, -0.1) is 0 Å². The lowest BCUT2D eigenvalue weighted by Crippen LogP contribution is -2.38. The van der Waals surface area contributed by atoms with Crippen LogP contribution in [-0.2, 0) is 0 Å². The van der Waals surface area contributed by atoms with Gasteiger partial charge in [-0.2, -0.15) is 0 Å². The average molecular weight is 416 g/mol. The number of benzene rings is 1. The third-order valence-corrected chi connectivity index (χ3v) is 5.40. The van der Waals surface area contributed by atoms with Crippen molar-refractivity contribution in [2.75, 3.05) is 18.9 Å². The predicted octanol–water partition coefficient (Wildman–Crippen LogP) is 6.57. The van der Waals surface area contributed by atoms with Crippen molar-refractivity contribution in [2.24, 2.45) is 15.8 Å². The zero-order chi connectivity index (χ0) is 22.7. The van der Waals surface area contributed by atoms with Gasteiger partial charge in [-0.25, -0.2) is 8.78 Å². The molecular formula is C25H35F2N3. The van der Waals surface area contributed by atoms with E-state index in [-0.39, 0.29) is 17.0 Å². The second-order valence-electron chi connectivity index (χ2n) is 9.76. The summed E-state index contributed by atoms with van der Waals surface area (Å²) in [6.45, 7) is 17.5. The minimum Gasteiger partial charge on any atom is -0.363 e. The maximum atomic E-state index is 13.8. The Morgan fingerprint density at radius 2 is 1.83 bits per heavy atom. The van der Waals surface area contributed by atoms with Crippen LogP contribution in [0.5, 0.6) is 0 Å². The number of fused-ring (bicyclic) bond motifs is 1. The van der Waals surface area contributed by atoms with Gasteiger partial charge in [0, 0.05) is 37.4 Å². The van der Waals surface area contributed by atoms with Crippen LogP contribution in [0.2, 0.25) is 0 Å². The van der Waals surface area contributed by atoms with Gasteiger partial charge < -0.3 is 5.32 Å². The summed E-state index contributed by atoms with van der Waals surface area (Å²) in [6.07, 6.45) is 6.63. The van der Waals surface area contributed by atoms with Crippen LogP contribution >= 0.6 is 0 Å². The lowest BCUT2D eigenvalue weighted by Gasteiger charge is -2.35. The summed E-state index contributed by atoms with van der Waals surface area (Å²) in [5.41, 5.74) is 4.29. The van der Waals surface area contributed by atoms with E-state index in [1.807, 2.05) is 6.08 Å². The molecular weight excluding hydrogens is 380 g/mol. The second-order valence-corrected chi connectivity index (χ2v) is 9.76. The SMILES string of the molecule is C=C/C(=C\C(C/C=C(\CN[C@H]1Nc2c(F)cc(F)cc21)C(C)(C)C)=NC)C(C)(C)C. The zero-order valence-corrected chi connectivity index (χ0v) is 19.3. The quantitative estimate of drug-likeness (QED) is 0.300. The van der Waals surface area contributed by atoms with Crippen LogP contribution in [0.25, 0.3) is 0 Å². The Balaban J connectivity index is 2.13. The van der Waals surface area contributed by atoms with Crippen molar-refractivity contribution in [1.82, 2.24) is 5.32 Å². The van der Waals surface area contributed by atoms with Gasteiger partial charge in [-0.1, -0.05) is 65.8 Å². The summed E-state index contributed by atoms with van der Waals surface area (Å²) in [7, 11) is 1.80. The van der Waals surface area contributed by atoms with Crippen molar-refractivity contribution in [3.8, 4) is 0 Å². The zero-order valence-electron chi connectivity index (χ0n) is 19.3. The molecule has 1 atom stereocenters. The summed E-state index contributed by atoms with van der Waals surface area (Å²) < 4.78 is 27.3. The fourth-order valence-electron chi connectivity index (χ4n) is 3.34. The molecule has 0 aromatic heterocycles. The predicted molar refractivity (Wildman–Crippen MR) is 124 cm³/mol. The number of hydrogen-bond acceptors (Lipinski definition) is 3. The van der Waals surface area contributed by atoms with Crippen molar-refractivity contribution >= 4 is 11.4 Å². The van der Waals surface area contributed by atoms with E-state index in [1.54, 1.807) is 7.05 Å². The van der Waals surface area contributed by atoms with Gasteiger partial charge in [0.05, 0.1) is 5.69 Å². The van der Waals surface area contributed by atoms with E-state index in [0.717, 1.165) is 17.4 Å². The number of nitrogens with zero attached hydrogens (tertiary/aromatic N) is 1. The van der Waals surface area contributed by atoms with Crippen LogP contribution in [0.15, 0.2) is 53.1 Å². The highest BCUT2D eigenvalue weighted by Crippen LogP contribution is 2.37. The Morgan fingerprint density at radius 1 is 1.17 bits per heavy atom. The van der Waals surface area contributed by atoms with Crippen LogP contribution in [0.4, 0.5) is 14.5 Å². The monoisotopic (exact) mass is 415 g/mol. The molecule has 1 aromatic carbocycles. The molecule has 2 rings (SSSR count). The molecule has 5 heteroatoms. The topological polar surface area (TPSA) is 36.4 Å². The van der Waals surface area contributed by atoms with Crippen molar-refractivity contribution < 1.29 is 8.78 Å². The summed E-state index contributed by atoms with van der Waals surface area (Å²) in [5.74, 6) is -1.11. The van der Waals surface area contributed by atoms with Crippen LogP contribution in [0.1, 0.15) is 59.7 Å². The maximum absolute atomic E-state index is 13.8. The summed E-state index contributed by atoms with van der Waals surface area (Å²) >= 11 is 0. The first-order valence-corrected chi connectivity index (χ1v) is 10.4. The molecule has 0 radical (unpaired) electrons. The Morgan fingerprint density at radius 3 is 2.37 bits per heavy atom. The summed E-state index contributed by atoms with van der Waals surface area (Å²) in [6, 6.07) is 2.28. The molecule has 1 aromatic rings. The molecule has 0 unspecified atom stereocenters. The second kappa shape index (κ2) is 9.25. The smallest absolute Gasteiger partial charge is 0.149 e. The van der Waals surface area contributed by atoms with Gasteiger partial charge in [0.25, 0.3) is 0 Å². The standard InChI is InChI=1S/C25H35F2N3/c1-9-16(24(2,3)4)12-19(28-8)11-10-17(25(5,6)7)15-29-23-20-13-18(26)14-21(27)22(20)30-23/h9-10,12-14,23,29-30H,1,11,15H2,2-8H3/b16-12+,17-10+,28-19?/t23-/m0/s1. The highest BCUT2D eigenvalue weighted by Gasteiger charge is 2.30. The van der Waals surface area contributed by atoms with Crippen molar-refractivity contribution in [2.45, 2.75) is 54.1 Å². The molecule has 164 valence electrons. The lowest BCUT2D eigenvalue weighted by atomic mass is 9.84. The fraction of sp³-hybridized carbons (Fsp3) is 0.480. The van der Waals surface area contributed by atoms with E-state index in [4.69, 9.17) is 0 Å². The van der Waals surface area contributed by atoms with Crippen LogP contribution in [0, 0.1) is 22.5 Å². The Kier molecular flexibility index (Phi) is 7.40. The van der Waals surface area contributed by atoms with Gasteiger partial charge in [0.15, 0.2) is 0 Å². The first-order chi connectivity index (χ1) is 13.9. The van der Waals surface area contributed by atoms with Gasteiger partial charge in [0.1, 0.15) is 17.8 Å². The number of anilines is 1. The molecule has 0 spiro atoms. The van der Waals surface area contributed by atoms with Crippen LogP contribution in [0.3, 0.4) is 0 Å². The molecule has 0 aliphatic carbocycles. The van der Waals surface area contributed by atoms with E-state index < -0.39 is 11.6 Å². The largest absolute Gasteiger partial charge is 0.363 e. The lowest BCUT2D eigenvalue weighted by molar-refractivity contribution is 0.457. The summed E-state index contributed by atoms with van der Waals surface area (Å²) in [4.78, 5) is 4.45. The number of rotatable bonds is 7. The fourth-order valence-corrected chi connectivity index (χ4v) is 3.34. The third-order valence-electron chi connectivity index (χ3n) is 5.40. The van der Waals surface area contributed by atoms with E-state index in [2.05, 4.69) is 75.9 Å². The number of aliphatic imine (C=N–C) groups is 1. The van der Waals surface area contributed by atoms with Gasteiger partial charge in [-0.3, -0.25) is 10.3 Å². The normalized spacial score (nSPS) is 17.9. The Labute approximate surface area is 180 Å². The van der Waals surface area contributed by atoms with E-state index in [0.29, 0.717) is 24.2 Å². The molecule has 1 heterocycles. The summed E-state index contributed by atoms with van der Waals surface area (Å²) in [5, 5.41) is 6.40. The molecule has 1 aliphatic heterocycles. The molecule has 2 N–H and O–H groups in total. The molecule has 0 amide bonds. The van der Waals surface area contributed by atoms with Gasteiger partial charge in [-0.05, 0) is 28.5 Å². The number of allylic oxidation sites excluding steroid dienone is 4. The molecule has 0 saturated heterocycles. The van der Waals surface area contributed by atoms with Crippen molar-refractivity contribution in [1.29, 1.82) is 0 Å². The minimum atomic E-state index is -0.557. The van der Waals surface area contributed by atoms with E-state index in [1.165, 1.54) is 11.6 Å². The van der Waals surface area contributed by atoms with Crippen molar-refractivity contribution in [3.05, 3.63) is 65.3 Å². The molecule has 0 bridgehead atoms. The highest BCUT2D eigenvalue weighted by atomic mass is 19.1. The number of hydrogen-bond donors (Lipinski definition) is 2. The molecule has 30 heavy (non-hydrogen) atoms. The number of halogens is 2. The van der Waals surface area contributed by atoms with Crippen molar-refractivity contribution in [3.63, 3.8) is 0 Å². The maximum Gasteiger partial charge on any atom is 0.149 e. The first kappa shape index (κ1) is 24.0. The van der Waals surface area contributed by atoms with E-state index >= 15 is 0 Å². The first-order valence-electron chi connectivity index (χ1n) is 10.4. The van der Waals surface area contributed by atoms with Crippen LogP contribution < -0.4 is 10.6 Å². The average Bonchev–Trinajstić information content (AvgIpc) is 2.60. The van der Waals surface area contributed by atoms with Gasteiger partial charge in [0.2, 0.25) is 0 Å². The highest BCUT2D eigenvalue weighted by molar-refractivity contribution is 5.97. The van der Waals surface area contributed by atoms with Gasteiger partial charge >= 0.3 is 0 Å². The molecule has 3 nitrogen and oxygen atoms in total. The Bertz CT molecular complexity index is 881. The minimum absolute atomic E-state index is 0.00362.